The van der Waals surface area contributed by atoms with Crippen molar-refractivity contribution in [3.05, 3.63) is 29.3 Å². The molecule has 2 aromatic rings. The number of hydrogen-bond donors (Lipinski definition) is 1. The highest BCUT2D eigenvalue weighted by molar-refractivity contribution is 5.66. The SMILES string of the molecule is Cc1cccc(C)c1-c1nnnn1CCCC(=O)O. The second-order valence-corrected chi connectivity index (χ2v) is 4.49. The van der Waals surface area contributed by atoms with Gasteiger partial charge >= 0.3 is 5.97 Å². The van der Waals surface area contributed by atoms with E-state index in [1.165, 1.54) is 0 Å². The molecule has 1 heterocycles. The van der Waals surface area contributed by atoms with Gasteiger partial charge in [-0.3, -0.25) is 4.79 Å². The number of carbonyl (C=O) groups is 1. The van der Waals surface area contributed by atoms with Gasteiger partial charge in [0.2, 0.25) is 0 Å². The van der Waals surface area contributed by atoms with Crippen LogP contribution in [-0.2, 0) is 11.3 Å². The zero-order valence-corrected chi connectivity index (χ0v) is 11.0. The molecule has 2 rings (SSSR count). The van der Waals surface area contributed by atoms with Crippen LogP contribution in [0.1, 0.15) is 24.0 Å². The minimum Gasteiger partial charge on any atom is -0.481 e. The van der Waals surface area contributed by atoms with Crippen LogP contribution in [0.4, 0.5) is 0 Å². The number of aromatic nitrogens is 4. The van der Waals surface area contributed by atoms with E-state index < -0.39 is 5.97 Å². The normalized spacial score (nSPS) is 10.6. The van der Waals surface area contributed by atoms with E-state index in [9.17, 15) is 4.79 Å². The Morgan fingerprint density at radius 2 is 2.00 bits per heavy atom. The Balaban J connectivity index is 2.26. The molecule has 0 aliphatic heterocycles. The quantitative estimate of drug-likeness (QED) is 0.886. The number of benzene rings is 1. The van der Waals surface area contributed by atoms with Crippen molar-refractivity contribution in [3.63, 3.8) is 0 Å². The van der Waals surface area contributed by atoms with Crippen molar-refractivity contribution >= 4 is 5.97 Å². The Morgan fingerprint density at radius 3 is 2.63 bits per heavy atom. The number of nitrogens with zero attached hydrogens (tertiary/aromatic N) is 4. The second-order valence-electron chi connectivity index (χ2n) is 4.49. The number of carboxylic acids is 1. The Bertz CT molecular complexity index is 572. The molecular formula is C13H16N4O2. The van der Waals surface area contributed by atoms with Gasteiger partial charge in [-0.05, 0) is 41.8 Å². The van der Waals surface area contributed by atoms with Gasteiger partial charge in [0.15, 0.2) is 5.82 Å². The van der Waals surface area contributed by atoms with Gasteiger partial charge in [0.25, 0.3) is 0 Å². The maximum Gasteiger partial charge on any atom is 0.303 e. The van der Waals surface area contributed by atoms with Crippen LogP contribution < -0.4 is 0 Å². The Labute approximate surface area is 111 Å². The van der Waals surface area contributed by atoms with Crippen LogP contribution in [0, 0.1) is 13.8 Å². The number of tetrazole rings is 1. The highest BCUT2D eigenvalue weighted by atomic mass is 16.4. The van der Waals surface area contributed by atoms with Crippen LogP contribution >= 0.6 is 0 Å². The summed E-state index contributed by atoms with van der Waals surface area (Å²) >= 11 is 0. The highest BCUT2D eigenvalue weighted by Gasteiger charge is 2.13. The molecule has 6 heteroatoms. The first kappa shape index (κ1) is 13.2. The van der Waals surface area contributed by atoms with Gasteiger partial charge in [0, 0.05) is 18.5 Å². The molecule has 1 N–H and O–H groups in total. The van der Waals surface area contributed by atoms with E-state index in [1.54, 1.807) is 4.68 Å². The monoisotopic (exact) mass is 260 g/mol. The van der Waals surface area contributed by atoms with E-state index in [-0.39, 0.29) is 6.42 Å². The van der Waals surface area contributed by atoms with Crippen molar-refractivity contribution in [1.82, 2.24) is 20.2 Å². The van der Waals surface area contributed by atoms with Crippen LogP contribution in [0.3, 0.4) is 0 Å². The zero-order valence-electron chi connectivity index (χ0n) is 11.0. The fraction of sp³-hybridized carbons (Fsp3) is 0.385. The molecule has 0 bridgehead atoms. The highest BCUT2D eigenvalue weighted by Crippen LogP contribution is 2.24. The molecule has 1 aromatic carbocycles. The van der Waals surface area contributed by atoms with Gasteiger partial charge in [-0.1, -0.05) is 18.2 Å². The number of rotatable bonds is 5. The lowest BCUT2D eigenvalue weighted by Crippen LogP contribution is -2.06. The maximum absolute atomic E-state index is 10.5. The predicted octanol–water partition coefficient (Wildman–Crippen LogP) is 1.82. The summed E-state index contributed by atoms with van der Waals surface area (Å²) in [4.78, 5) is 10.5. The Morgan fingerprint density at radius 1 is 1.32 bits per heavy atom. The predicted molar refractivity (Wildman–Crippen MR) is 69.6 cm³/mol. The van der Waals surface area contributed by atoms with E-state index in [2.05, 4.69) is 15.5 Å². The largest absolute Gasteiger partial charge is 0.481 e. The van der Waals surface area contributed by atoms with Gasteiger partial charge in [-0.2, -0.15) is 0 Å². The molecule has 19 heavy (non-hydrogen) atoms. The van der Waals surface area contributed by atoms with Gasteiger partial charge < -0.3 is 5.11 Å². The van der Waals surface area contributed by atoms with Crippen molar-refractivity contribution in [2.24, 2.45) is 0 Å². The molecule has 1 aromatic heterocycles. The molecule has 100 valence electrons. The van der Waals surface area contributed by atoms with Crippen molar-refractivity contribution in [2.45, 2.75) is 33.2 Å². The summed E-state index contributed by atoms with van der Waals surface area (Å²) in [5.41, 5.74) is 3.23. The molecule has 0 saturated carbocycles. The van der Waals surface area contributed by atoms with E-state index in [0.717, 1.165) is 16.7 Å². The van der Waals surface area contributed by atoms with Crippen molar-refractivity contribution in [2.75, 3.05) is 0 Å². The molecule has 0 aliphatic rings. The smallest absolute Gasteiger partial charge is 0.303 e. The molecule has 6 nitrogen and oxygen atoms in total. The van der Waals surface area contributed by atoms with Gasteiger partial charge in [-0.15, -0.1) is 5.10 Å². The van der Waals surface area contributed by atoms with Crippen LogP contribution in [-0.4, -0.2) is 31.3 Å². The summed E-state index contributed by atoms with van der Waals surface area (Å²) in [6.45, 7) is 4.53. The molecule has 0 atom stereocenters. The number of aliphatic carboxylic acids is 1. The average Bonchev–Trinajstić information content (AvgIpc) is 2.77. The molecule has 0 fully saturated rings. The number of hydrogen-bond acceptors (Lipinski definition) is 4. The van der Waals surface area contributed by atoms with Crippen molar-refractivity contribution in [1.29, 1.82) is 0 Å². The molecule has 0 radical (unpaired) electrons. The molecule has 0 unspecified atom stereocenters. The number of carboxylic acid groups (broad SMARTS) is 1. The van der Waals surface area contributed by atoms with Crippen LogP contribution in [0.15, 0.2) is 18.2 Å². The van der Waals surface area contributed by atoms with E-state index in [1.807, 2.05) is 32.0 Å². The second kappa shape index (κ2) is 5.60. The van der Waals surface area contributed by atoms with Gasteiger partial charge in [0.1, 0.15) is 0 Å². The molecule has 0 spiro atoms. The van der Waals surface area contributed by atoms with E-state index in [4.69, 9.17) is 5.11 Å². The van der Waals surface area contributed by atoms with Crippen LogP contribution in [0.25, 0.3) is 11.4 Å². The van der Waals surface area contributed by atoms with E-state index in [0.29, 0.717) is 18.8 Å². The lowest BCUT2D eigenvalue weighted by Gasteiger charge is -2.09. The third kappa shape index (κ3) is 2.96. The van der Waals surface area contributed by atoms with Crippen molar-refractivity contribution in [3.8, 4) is 11.4 Å². The fourth-order valence-electron chi connectivity index (χ4n) is 2.08. The minimum absolute atomic E-state index is 0.117. The summed E-state index contributed by atoms with van der Waals surface area (Å²) in [6, 6.07) is 6.02. The van der Waals surface area contributed by atoms with Crippen LogP contribution in [0.2, 0.25) is 0 Å². The Hall–Kier alpha value is -2.24. The first-order valence-corrected chi connectivity index (χ1v) is 6.14. The summed E-state index contributed by atoms with van der Waals surface area (Å²) in [5, 5.41) is 20.3. The fourth-order valence-corrected chi connectivity index (χ4v) is 2.08. The number of aryl methyl sites for hydroxylation is 3. The summed E-state index contributed by atoms with van der Waals surface area (Å²) in [7, 11) is 0. The first-order chi connectivity index (χ1) is 9.09. The third-order valence-electron chi connectivity index (χ3n) is 3.00. The minimum atomic E-state index is -0.804. The maximum atomic E-state index is 10.5. The topological polar surface area (TPSA) is 80.9 Å². The lowest BCUT2D eigenvalue weighted by molar-refractivity contribution is -0.137. The van der Waals surface area contributed by atoms with Gasteiger partial charge in [0.05, 0.1) is 0 Å². The summed E-state index contributed by atoms with van der Waals surface area (Å²) < 4.78 is 1.66. The van der Waals surface area contributed by atoms with Crippen LogP contribution in [0.5, 0.6) is 0 Å². The van der Waals surface area contributed by atoms with E-state index >= 15 is 0 Å². The summed E-state index contributed by atoms with van der Waals surface area (Å²) in [5.74, 6) is -0.109. The standard InChI is InChI=1S/C13H16N4O2/c1-9-5-3-6-10(2)12(9)13-14-15-16-17(13)8-4-7-11(18)19/h3,5-6H,4,7-8H2,1-2H3,(H,18,19). The molecule has 0 amide bonds. The first-order valence-electron chi connectivity index (χ1n) is 6.14. The molecule has 0 saturated heterocycles. The average molecular weight is 260 g/mol. The molecule has 0 aliphatic carbocycles. The Kier molecular flexibility index (Phi) is 3.89. The zero-order chi connectivity index (χ0) is 13.8. The van der Waals surface area contributed by atoms with Gasteiger partial charge in [-0.25, -0.2) is 4.68 Å². The summed E-state index contributed by atoms with van der Waals surface area (Å²) in [6.07, 6.45) is 0.629. The lowest BCUT2D eigenvalue weighted by atomic mass is 10.0. The third-order valence-corrected chi connectivity index (χ3v) is 3.00. The molecular weight excluding hydrogens is 244 g/mol. The van der Waals surface area contributed by atoms with Crippen molar-refractivity contribution < 1.29 is 9.90 Å².